The smallest absolute Gasteiger partial charge is 0.256 e. The molecule has 0 unspecified atom stereocenters. The maximum Gasteiger partial charge on any atom is 0.256 e. The topological polar surface area (TPSA) is 29.1 Å². The van der Waals surface area contributed by atoms with Gasteiger partial charge in [-0.15, -0.1) is 0 Å². The number of hydrogen-bond acceptors (Lipinski definition) is 1. The van der Waals surface area contributed by atoms with Gasteiger partial charge in [0.1, 0.15) is 5.82 Å². The van der Waals surface area contributed by atoms with Crippen molar-refractivity contribution in [2.45, 2.75) is 6.92 Å². The molecule has 1 heterocycles. The first-order valence-electron chi connectivity index (χ1n) is 6.20. The van der Waals surface area contributed by atoms with Crippen LogP contribution in [0.5, 0.6) is 0 Å². The van der Waals surface area contributed by atoms with Crippen molar-refractivity contribution in [3.05, 3.63) is 70.0 Å². The van der Waals surface area contributed by atoms with Crippen molar-refractivity contribution in [2.24, 2.45) is 0 Å². The number of hydrogen-bond donors (Lipinski definition) is 1. The van der Waals surface area contributed by atoms with E-state index in [-0.39, 0.29) is 11.7 Å². The van der Waals surface area contributed by atoms with Crippen LogP contribution in [0.25, 0.3) is 5.57 Å². The van der Waals surface area contributed by atoms with E-state index in [1.54, 1.807) is 30.3 Å². The lowest BCUT2D eigenvalue weighted by molar-refractivity contribution is -0.110. The number of anilines is 1. The molecule has 1 N–H and O–H groups in total. The number of nitrogens with one attached hydrogen (secondary N) is 1. The Morgan fingerprint density at radius 2 is 1.81 bits per heavy atom. The predicted octanol–water partition coefficient (Wildman–Crippen LogP) is 5.17. The maximum atomic E-state index is 12.1. The summed E-state index contributed by atoms with van der Waals surface area (Å²) in [5.74, 6) is -0.350. The second kappa shape index (κ2) is 6.74. The standard InChI is InChI=1S/C10H8ClNO.C6H4ClF/c1-2-7-8-4-3-6(11)5-9(8)12-10(7)13;7-5-2-1-3-6(8)4-5/h2-5H,1H3,(H,12,13);1-4H/b7-2+;. The van der Waals surface area contributed by atoms with Crippen molar-refractivity contribution in [2.75, 3.05) is 5.32 Å². The zero-order valence-corrected chi connectivity index (χ0v) is 12.7. The van der Waals surface area contributed by atoms with Gasteiger partial charge in [0.25, 0.3) is 5.91 Å². The number of rotatable bonds is 0. The highest BCUT2D eigenvalue weighted by Crippen LogP contribution is 2.33. The van der Waals surface area contributed by atoms with Gasteiger partial charge in [-0.3, -0.25) is 4.79 Å². The van der Waals surface area contributed by atoms with Gasteiger partial charge < -0.3 is 5.32 Å². The number of allylic oxidation sites excluding steroid dienone is 1. The Morgan fingerprint density at radius 1 is 1.10 bits per heavy atom. The molecule has 0 bridgehead atoms. The fourth-order valence-corrected chi connectivity index (χ4v) is 2.26. The van der Waals surface area contributed by atoms with E-state index in [4.69, 9.17) is 23.2 Å². The van der Waals surface area contributed by atoms with Crippen LogP contribution in [-0.2, 0) is 4.79 Å². The first kappa shape index (κ1) is 15.5. The zero-order chi connectivity index (χ0) is 15.4. The van der Waals surface area contributed by atoms with E-state index in [1.165, 1.54) is 12.1 Å². The molecule has 108 valence electrons. The first-order chi connectivity index (χ1) is 10.0. The second-order valence-corrected chi connectivity index (χ2v) is 5.16. The Kier molecular flexibility index (Phi) is 4.99. The molecule has 5 heteroatoms. The molecule has 0 saturated carbocycles. The molecule has 0 saturated heterocycles. The van der Waals surface area contributed by atoms with Gasteiger partial charge >= 0.3 is 0 Å². The molecule has 2 aromatic rings. The SMILES string of the molecule is C/C=C1/C(=O)Nc2cc(Cl)ccc21.Fc1cccc(Cl)c1. The third kappa shape index (κ3) is 3.84. The van der Waals surface area contributed by atoms with Crippen LogP contribution < -0.4 is 5.32 Å². The zero-order valence-electron chi connectivity index (χ0n) is 11.2. The van der Waals surface area contributed by atoms with Crippen LogP contribution in [0, 0.1) is 5.82 Å². The predicted molar refractivity (Wildman–Crippen MR) is 85.1 cm³/mol. The summed E-state index contributed by atoms with van der Waals surface area (Å²) in [6.45, 7) is 1.85. The molecule has 1 aliphatic heterocycles. The van der Waals surface area contributed by atoms with Crippen molar-refractivity contribution in [3.63, 3.8) is 0 Å². The molecule has 1 aliphatic rings. The molecule has 1 amide bonds. The second-order valence-electron chi connectivity index (χ2n) is 4.29. The number of halogens is 3. The Morgan fingerprint density at radius 3 is 2.38 bits per heavy atom. The Hall–Kier alpha value is -1.84. The molecule has 0 aliphatic carbocycles. The monoisotopic (exact) mass is 323 g/mol. The highest BCUT2D eigenvalue weighted by atomic mass is 35.5. The van der Waals surface area contributed by atoms with Crippen molar-refractivity contribution in [1.29, 1.82) is 0 Å². The van der Waals surface area contributed by atoms with Crippen LogP contribution in [0.1, 0.15) is 12.5 Å². The fraction of sp³-hybridized carbons (Fsp3) is 0.0625. The van der Waals surface area contributed by atoms with E-state index in [9.17, 15) is 9.18 Å². The molecule has 0 fully saturated rings. The quantitative estimate of drug-likeness (QED) is 0.665. The molecular formula is C16H12Cl2FNO. The lowest BCUT2D eigenvalue weighted by atomic mass is 10.1. The van der Waals surface area contributed by atoms with Crippen LogP contribution in [0.3, 0.4) is 0 Å². The summed E-state index contributed by atoms with van der Waals surface area (Å²) in [5, 5.41) is 3.82. The summed E-state index contributed by atoms with van der Waals surface area (Å²) in [6, 6.07) is 11.2. The number of amides is 1. The van der Waals surface area contributed by atoms with Gasteiger partial charge in [-0.05, 0) is 37.3 Å². The summed E-state index contributed by atoms with van der Waals surface area (Å²) >= 11 is 11.2. The number of carbonyl (C=O) groups is 1. The maximum absolute atomic E-state index is 12.1. The van der Waals surface area contributed by atoms with Crippen LogP contribution in [0.15, 0.2) is 48.5 Å². The minimum absolute atomic E-state index is 0.0558. The third-order valence-corrected chi connectivity index (χ3v) is 3.31. The number of benzene rings is 2. The van der Waals surface area contributed by atoms with Crippen molar-refractivity contribution in [3.8, 4) is 0 Å². The van der Waals surface area contributed by atoms with Gasteiger partial charge in [0.05, 0.1) is 5.69 Å². The van der Waals surface area contributed by atoms with Gasteiger partial charge in [-0.1, -0.05) is 41.4 Å². The van der Waals surface area contributed by atoms with Crippen molar-refractivity contribution >= 4 is 40.4 Å². The fourth-order valence-electron chi connectivity index (χ4n) is 1.91. The van der Waals surface area contributed by atoms with Crippen LogP contribution in [0.2, 0.25) is 10.0 Å². The van der Waals surface area contributed by atoms with E-state index in [1.807, 2.05) is 13.0 Å². The molecule has 3 rings (SSSR count). The highest BCUT2D eigenvalue weighted by Gasteiger charge is 2.22. The van der Waals surface area contributed by atoms with Crippen LogP contribution in [0.4, 0.5) is 10.1 Å². The van der Waals surface area contributed by atoms with Gasteiger partial charge in [-0.2, -0.15) is 0 Å². The van der Waals surface area contributed by atoms with Gasteiger partial charge in [0.15, 0.2) is 0 Å². The molecule has 0 spiro atoms. The summed E-state index contributed by atoms with van der Waals surface area (Å²) in [7, 11) is 0. The molecule has 2 nitrogen and oxygen atoms in total. The van der Waals surface area contributed by atoms with E-state index >= 15 is 0 Å². The minimum Gasteiger partial charge on any atom is -0.321 e. The van der Waals surface area contributed by atoms with Crippen molar-refractivity contribution < 1.29 is 9.18 Å². The summed E-state index contributed by atoms with van der Waals surface area (Å²) in [5.41, 5.74) is 2.44. The van der Waals surface area contributed by atoms with Crippen molar-refractivity contribution in [1.82, 2.24) is 0 Å². The average molecular weight is 324 g/mol. The summed E-state index contributed by atoms with van der Waals surface area (Å²) < 4.78 is 12.1. The summed E-state index contributed by atoms with van der Waals surface area (Å²) in [4.78, 5) is 11.4. The largest absolute Gasteiger partial charge is 0.321 e. The minimum atomic E-state index is -0.294. The van der Waals surface area contributed by atoms with Gasteiger partial charge in [-0.25, -0.2) is 4.39 Å². The van der Waals surface area contributed by atoms with Crippen LogP contribution in [-0.4, -0.2) is 5.91 Å². The Balaban J connectivity index is 0.000000173. The van der Waals surface area contributed by atoms with Crippen LogP contribution >= 0.6 is 23.2 Å². The molecule has 0 aromatic heterocycles. The van der Waals surface area contributed by atoms with Gasteiger partial charge in [0.2, 0.25) is 0 Å². The molecular weight excluding hydrogens is 312 g/mol. The van der Waals surface area contributed by atoms with Gasteiger partial charge in [0, 0.05) is 21.2 Å². The Bertz CT molecular complexity index is 696. The third-order valence-electron chi connectivity index (χ3n) is 2.84. The van der Waals surface area contributed by atoms with E-state index in [2.05, 4.69) is 5.32 Å². The number of carbonyl (C=O) groups excluding carboxylic acids is 1. The number of fused-ring (bicyclic) bond motifs is 1. The first-order valence-corrected chi connectivity index (χ1v) is 6.95. The van der Waals surface area contributed by atoms with E-state index in [0.717, 1.165) is 11.3 Å². The normalized spacial score (nSPS) is 14.3. The highest BCUT2D eigenvalue weighted by molar-refractivity contribution is 6.34. The molecule has 0 radical (unpaired) electrons. The summed E-state index contributed by atoms with van der Waals surface area (Å²) in [6.07, 6.45) is 1.80. The molecule has 21 heavy (non-hydrogen) atoms. The lowest BCUT2D eigenvalue weighted by Crippen LogP contribution is -2.03. The average Bonchev–Trinajstić information content (AvgIpc) is 2.73. The lowest BCUT2D eigenvalue weighted by Gasteiger charge is -1.97. The van der Waals surface area contributed by atoms with E-state index < -0.39 is 0 Å². The molecule has 0 atom stereocenters. The Labute approximate surface area is 132 Å². The molecule has 2 aromatic carbocycles. The van der Waals surface area contributed by atoms with E-state index in [0.29, 0.717) is 15.6 Å².